The molecule has 0 bridgehead atoms. The van der Waals surface area contributed by atoms with Gasteiger partial charge in [0.15, 0.2) is 5.43 Å². The lowest BCUT2D eigenvalue weighted by Gasteiger charge is -2.23. The van der Waals surface area contributed by atoms with Crippen molar-refractivity contribution in [2.75, 3.05) is 13.1 Å². The maximum Gasteiger partial charge on any atom is 0.336 e. The van der Waals surface area contributed by atoms with Crippen molar-refractivity contribution in [3.8, 4) is 28.2 Å². The molecule has 0 radical (unpaired) electrons. The zero-order valence-electron chi connectivity index (χ0n) is 18.7. The van der Waals surface area contributed by atoms with Gasteiger partial charge in [-0.1, -0.05) is 13.8 Å². The van der Waals surface area contributed by atoms with Gasteiger partial charge >= 0.3 is 5.97 Å². The Balaban J connectivity index is 1.96. The van der Waals surface area contributed by atoms with Crippen LogP contribution in [0.4, 0.5) is 0 Å². The molecule has 8 heteroatoms. The number of phenolic OH excluding ortho intramolecular Hbond substituents is 1. The molecule has 174 valence electrons. The molecule has 0 aromatic heterocycles. The van der Waals surface area contributed by atoms with E-state index in [1.54, 1.807) is 12.1 Å². The summed E-state index contributed by atoms with van der Waals surface area (Å²) in [5.41, 5.74) is 6.95. The summed E-state index contributed by atoms with van der Waals surface area (Å²) in [6, 6.07) is 13.0. The molecule has 1 heterocycles. The minimum absolute atomic E-state index is 0.0214. The number of amides is 1. The van der Waals surface area contributed by atoms with Gasteiger partial charge in [-0.05, 0) is 60.0 Å². The third kappa shape index (κ3) is 4.35. The number of carboxylic acids is 1. The number of hydrogen-bond donors (Lipinski definition) is 4. The highest BCUT2D eigenvalue weighted by atomic mass is 16.4. The summed E-state index contributed by atoms with van der Waals surface area (Å²) in [6.45, 7) is 4.59. The van der Waals surface area contributed by atoms with Crippen LogP contribution in [0.5, 0.6) is 5.75 Å². The monoisotopic (exact) mass is 460 g/mol. The van der Waals surface area contributed by atoms with Gasteiger partial charge in [-0.25, -0.2) is 4.79 Å². The van der Waals surface area contributed by atoms with Crippen LogP contribution in [0, 0.1) is 5.41 Å². The van der Waals surface area contributed by atoms with E-state index in [1.165, 1.54) is 42.5 Å². The molecule has 0 unspecified atom stereocenters. The second kappa shape index (κ2) is 8.64. The predicted octanol–water partition coefficient (Wildman–Crippen LogP) is 3.68. The van der Waals surface area contributed by atoms with E-state index in [0.29, 0.717) is 29.6 Å². The molecule has 1 aliphatic carbocycles. The third-order valence-electron chi connectivity index (χ3n) is 5.74. The van der Waals surface area contributed by atoms with Gasteiger partial charge in [0.25, 0.3) is 5.91 Å². The molecule has 2 aromatic rings. The summed E-state index contributed by atoms with van der Waals surface area (Å²) >= 11 is 0. The van der Waals surface area contributed by atoms with Crippen molar-refractivity contribution in [1.29, 1.82) is 0 Å². The molecule has 4 rings (SSSR count). The quantitative estimate of drug-likeness (QED) is 0.321. The zero-order chi connectivity index (χ0) is 24.6. The number of carboxylic acid groups (broad SMARTS) is 1. The normalized spacial score (nSPS) is 11.6. The number of hydrogen-bond acceptors (Lipinski definition) is 6. The first-order chi connectivity index (χ1) is 16.1. The summed E-state index contributed by atoms with van der Waals surface area (Å²) in [7, 11) is 0. The van der Waals surface area contributed by atoms with Gasteiger partial charge in [0, 0.05) is 40.8 Å². The fourth-order valence-corrected chi connectivity index (χ4v) is 3.72. The number of fused-ring (bicyclic) bond motifs is 2. The van der Waals surface area contributed by atoms with Crippen LogP contribution in [-0.2, 0) is 0 Å². The molecular formula is C26H24N2O6. The average molecular weight is 460 g/mol. The van der Waals surface area contributed by atoms with Crippen LogP contribution in [0.1, 0.15) is 34.6 Å². The van der Waals surface area contributed by atoms with E-state index >= 15 is 0 Å². The van der Waals surface area contributed by atoms with Gasteiger partial charge in [-0.15, -0.1) is 0 Å². The summed E-state index contributed by atoms with van der Waals surface area (Å²) in [4.78, 5) is 37.0. The van der Waals surface area contributed by atoms with Crippen LogP contribution < -0.4 is 16.5 Å². The van der Waals surface area contributed by atoms with Gasteiger partial charge in [0.1, 0.15) is 17.1 Å². The Kier molecular flexibility index (Phi) is 5.85. The van der Waals surface area contributed by atoms with Crippen molar-refractivity contribution in [2.45, 2.75) is 13.8 Å². The number of aromatic carboxylic acids is 1. The molecule has 0 spiro atoms. The van der Waals surface area contributed by atoms with E-state index in [2.05, 4.69) is 5.32 Å². The van der Waals surface area contributed by atoms with Crippen LogP contribution in [-0.4, -0.2) is 35.2 Å². The summed E-state index contributed by atoms with van der Waals surface area (Å²) < 4.78 is 5.84. The van der Waals surface area contributed by atoms with Crippen LogP contribution in [0.15, 0.2) is 63.8 Å². The van der Waals surface area contributed by atoms with Gasteiger partial charge in [0.05, 0.1) is 5.56 Å². The fourth-order valence-electron chi connectivity index (χ4n) is 3.72. The lowest BCUT2D eigenvalue weighted by atomic mass is 9.89. The third-order valence-corrected chi connectivity index (χ3v) is 5.74. The van der Waals surface area contributed by atoms with E-state index < -0.39 is 5.97 Å². The van der Waals surface area contributed by atoms with Crippen molar-refractivity contribution in [2.24, 2.45) is 11.1 Å². The minimum Gasteiger partial charge on any atom is -0.508 e. The van der Waals surface area contributed by atoms with Crippen molar-refractivity contribution in [1.82, 2.24) is 5.32 Å². The molecule has 0 atom stereocenters. The topological polar surface area (TPSA) is 143 Å². The number of phenols is 1. The minimum atomic E-state index is -1.17. The maximum absolute atomic E-state index is 12.9. The molecule has 0 fully saturated rings. The number of nitrogens with one attached hydrogen (secondary N) is 1. The van der Waals surface area contributed by atoms with E-state index in [4.69, 9.17) is 10.2 Å². The largest absolute Gasteiger partial charge is 0.508 e. The number of rotatable bonds is 6. The molecule has 5 N–H and O–H groups in total. The molecule has 0 saturated heterocycles. The van der Waals surface area contributed by atoms with E-state index in [0.717, 1.165) is 0 Å². The van der Waals surface area contributed by atoms with Crippen LogP contribution in [0.2, 0.25) is 0 Å². The molecule has 8 nitrogen and oxygen atoms in total. The van der Waals surface area contributed by atoms with Gasteiger partial charge in [-0.2, -0.15) is 0 Å². The first-order valence-electron chi connectivity index (χ1n) is 10.7. The molecule has 0 saturated carbocycles. The Hall–Kier alpha value is -4.17. The highest BCUT2D eigenvalue weighted by molar-refractivity contribution is 6.09. The first-order valence-corrected chi connectivity index (χ1v) is 10.7. The van der Waals surface area contributed by atoms with Crippen LogP contribution in [0.25, 0.3) is 33.4 Å². The summed E-state index contributed by atoms with van der Waals surface area (Å²) in [6.07, 6.45) is 0. The number of carbonyl (C=O) groups is 2. The standard InChI is InChI=1S/C26H24N2O6/c1-26(2,12-27)13-28-24(31)14-3-6-17(25(32)33)20(9-14)23-18-7-4-15(29)10-21(18)34-22-11-16(30)5-8-19(22)23/h3-11,29H,12-13,27H2,1-2H3,(H,28,31)(H,32,33). The Bertz CT molecular complexity index is 1450. The second-order valence-corrected chi connectivity index (χ2v) is 8.93. The van der Waals surface area contributed by atoms with E-state index in [1.807, 2.05) is 13.8 Å². The summed E-state index contributed by atoms with van der Waals surface area (Å²) in [5, 5.41) is 23.2. The van der Waals surface area contributed by atoms with Gasteiger partial charge < -0.3 is 25.7 Å². The highest BCUT2D eigenvalue weighted by Crippen LogP contribution is 2.42. The number of benzene rings is 3. The van der Waals surface area contributed by atoms with Crippen molar-refractivity contribution in [3.63, 3.8) is 0 Å². The SMILES string of the molecule is CC(C)(CN)CNC(=O)c1ccc(C(=O)O)c(-c2c3ccc(=O)cc-3oc3cc(O)ccc23)c1. The fraction of sp³-hybridized carbons (Fsp3) is 0.192. The van der Waals surface area contributed by atoms with Crippen LogP contribution >= 0.6 is 0 Å². The second-order valence-electron chi connectivity index (χ2n) is 8.93. The molecule has 1 aliphatic heterocycles. The number of carbonyl (C=O) groups excluding carboxylic acids is 1. The predicted molar refractivity (Wildman–Crippen MR) is 128 cm³/mol. The Morgan fingerprint density at radius 2 is 1.79 bits per heavy atom. The zero-order valence-corrected chi connectivity index (χ0v) is 18.7. The lowest BCUT2D eigenvalue weighted by molar-refractivity contribution is 0.0697. The first kappa shape index (κ1) is 23.0. The smallest absolute Gasteiger partial charge is 0.336 e. The summed E-state index contributed by atoms with van der Waals surface area (Å²) in [5.74, 6) is -1.36. The molecule has 2 aliphatic rings. The molecule has 2 aromatic carbocycles. The maximum atomic E-state index is 12.9. The van der Waals surface area contributed by atoms with Gasteiger partial charge in [-0.3, -0.25) is 9.59 Å². The average Bonchev–Trinajstić information content (AvgIpc) is 2.80. The van der Waals surface area contributed by atoms with Crippen molar-refractivity contribution < 1.29 is 24.2 Å². The van der Waals surface area contributed by atoms with Gasteiger partial charge in [0.2, 0.25) is 0 Å². The Morgan fingerprint density at radius 3 is 2.50 bits per heavy atom. The lowest BCUT2D eigenvalue weighted by Crippen LogP contribution is -2.38. The number of nitrogens with two attached hydrogens (primary N) is 1. The van der Waals surface area contributed by atoms with Crippen LogP contribution in [0.3, 0.4) is 0 Å². The molecular weight excluding hydrogens is 436 g/mol. The molecule has 1 amide bonds. The number of aromatic hydroxyl groups is 1. The van der Waals surface area contributed by atoms with Crippen molar-refractivity contribution >= 4 is 22.8 Å². The highest BCUT2D eigenvalue weighted by Gasteiger charge is 2.24. The Morgan fingerprint density at radius 1 is 1.03 bits per heavy atom. The van der Waals surface area contributed by atoms with E-state index in [-0.39, 0.29) is 50.5 Å². The molecule has 34 heavy (non-hydrogen) atoms. The van der Waals surface area contributed by atoms with E-state index in [9.17, 15) is 24.6 Å². The Labute approximate surface area is 195 Å². The van der Waals surface area contributed by atoms with Crippen molar-refractivity contribution in [3.05, 3.63) is 75.9 Å².